The number of amides is 1. The first kappa shape index (κ1) is 20.5. The highest BCUT2D eigenvalue weighted by Crippen LogP contribution is 2.15. The fourth-order valence-corrected chi connectivity index (χ4v) is 3.17. The summed E-state index contributed by atoms with van der Waals surface area (Å²) < 4.78 is 44.1. The summed E-state index contributed by atoms with van der Waals surface area (Å²) in [5.74, 6) is -1.39. The van der Waals surface area contributed by atoms with Crippen LogP contribution in [0.25, 0.3) is 0 Å². The van der Waals surface area contributed by atoms with Crippen LogP contribution in [-0.4, -0.2) is 33.9 Å². The SMILES string of the molecule is COC(=O)CNS(=O)(=O)c1ccc(NC(=O)CCc2ccccc2F)cc1. The number of ether oxygens (including phenoxy) is 1. The van der Waals surface area contributed by atoms with Gasteiger partial charge in [0.2, 0.25) is 15.9 Å². The Bertz CT molecular complexity index is 914. The van der Waals surface area contributed by atoms with Crippen molar-refractivity contribution in [2.24, 2.45) is 0 Å². The second kappa shape index (κ2) is 9.24. The van der Waals surface area contributed by atoms with Crippen LogP contribution in [0.3, 0.4) is 0 Å². The van der Waals surface area contributed by atoms with Gasteiger partial charge >= 0.3 is 5.97 Å². The first-order chi connectivity index (χ1) is 12.8. The van der Waals surface area contributed by atoms with E-state index in [1.165, 1.54) is 30.3 Å². The van der Waals surface area contributed by atoms with E-state index in [0.29, 0.717) is 11.3 Å². The third-order valence-electron chi connectivity index (χ3n) is 3.66. The zero-order chi connectivity index (χ0) is 19.9. The quantitative estimate of drug-likeness (QED) is 0.666. The largest absolute Gasteiger partial charge is 0.468 e. The maximum atomic E-state index is 13.5. The molecule has 2 aromatic carbocycles. The van der Waals surface area contributed by atoms with Gasteiger partial charge in [-0.1, -0.05) is 18.2 Å². The summed E-state index contributed by atoms with van der Waals surface area (Å²) >= 11 is 0. The average molecular weight is 394 g/mol. The molecule has 0 radical (unpaired) electrons. The van der Waals surface area contributed by atoms with E-state index in [9.17, 15) is 22.4 Å². The van der Waals surface area contributed by atoms with Gasteiger partial charge in [-0.15, -0.1) is 0 Å². The lowest BCUT2D eigenvalue weighted by Gasteiger charge is -2.08. The minimum atomic E-state index is -3.87. The number of nitrogens with one attached hydrogen (secondary N) is 2. The molecule has 9 heteroatoms. The highest BCUT2D eigenvalue weighted by molar-refractivity contribution is 7.89. The van der Waals surface area contributed by atoms with Gasteiger partial charge in [0.1, 0.15) is 12.4 Å². The number of benzene rings is 2. The summed E-state index contributed by atoms with van der Waals surface area (Å²) in [7, 11) is -2.71. The van der Waals surface area contributed by atoms with Crippen molar-refractivity contribution in [1.29, 1.82) is 0 Å². The van der Waals surface area contributed by atoms with Gasteiger partial charge in [-0.05, 0) is 42.3 Å². The van der Waals surface area contributed by atoms with E-state index in [4.69, 9.17) is 0 Å². The number of esters is 1. The van der Waals surface area contributed by atoms with Gasteiger partial charge < -0.3 is 10.1 Å². The Balaban J connectivity index is 1.92. The Morgan fingerprint density at radius 2 is 1.74 bits per heavy atom. The van der Waals surface area contributed by atoms with E-state index in [2.05, 4.69) is 14.8 Å². The number of carbonyl (C=O) groups is 2. The monoisotopic (exact) mass is 394 g/mol. The van der Waals surface area contributed by atoms with E-state index in [1.807, 2.05) is 0 Å². The maximum Gasteiger partial charge on any atom is 0.320 e. The molecule has 0 aromatic heterocycles. The molecule has 2 aromatic rings. The molecule has 0 unspecified atom stereocenters. The van der Waals surface area contributed by atoms with Gasteiger partial charge in [0, 0.05) is 12.1 Å². The predicted molar refractivity (Wildman–Crippen MR) is 97.0 cm³/mol. The maximum absolute atomic E-state index is 13.5. The summed E-state index contributed by atoms with van der Waals surface area (Å²) in [6, 6.07) is 11.7. The molecule has 144 valence electrons. The summed E-state index contributed by atoms with van der Waals surface area (Å²) in [5.41, 5.74) is 0.853. The Hall–Kier alpha value is -2.78. The summed E-state index contributed by atoms with van der Waals surface area (Å²) in [4.78, 5) is 22.9. The van der Waals surface area contributed by atoms with Crippen molar-refractivity contribution in [2.75, 3.05) is 19.0 Å². The Morgan fingerprint density at radius 1 is 1.07 bits per heavy atom. The van der Waals surface area contributed by atoms with Gasteiger partial charge in [-0.2, -0.15) is 4.72 Å². The van der Waals surface area contributed by atoms with Crippen molar-refractivity contribution >= 4 is 27.6 Å². The Labute approximate surface area is 156 Å². The molecular formula is C18H19FN2O5S. The van der Waals surface area contributed by atoms with Crippen molar-refractivity contribution in [2.45, 2.75) is 17.7 Å². The van der Waals surface area contributed by atoms with Crippen molar-refractivity contribution in [3.63, 3.8) is 0 Å². The number of carbonyl (C=O) groups excluding carboxylic acids is 2. The molecule has 0 atom stereocenters. The van der Waals surface area contributed by atoms with E-state index in [-0.39, 0.29) is 29.5 Å². The molecule has 0 saturated heterocycles. The van der Waals surface area contributed by atoms with Crippen LogP contribution >= 0.6 is 0 Å². The second-order valence-electron chi connectivity index (χ2n) is 5.56. The van der Waals surface area contributed by atoms with E-state index >= 15 is 0 Å². The fourth-order valence-electron chi connectivity index (χ4n) is 2.20. The number of rotatable bonds is 8. The van der Waals surface area contributed by atoms with Gasteiger partial charge in [0.15, 0.2) is 0 Å². The molecule has 0 aliphatic rings. The molecule has 0 bridgehead atoms. The van der Waals surface area contributed by atoms with E-state index < -0.39 is 22.5 Å². The lowest BCUT2D eigenvalue weighted by Crippen LogP contribution is -2.30. The van der Waals surface area contributed by atoms with Crippen molar-refractivity contribution in [3.8, 4) is 0 Å². The predicted octanol–water partition coefficient (Wildman–Crippen LogP) is 1.85. The lowest BCUT2D eigenvalue weighted by molar-refractivity contribution is -0.139. The molecule has 0 aliphatic carbocycles. The van der Waals surface area contributed by atoms with Gasteiger partial charge in [0.05, 0.1) is 12.0 Å². The fraction of sp³-hybridized carbons (Fsp3) is 0.222. The molecule has 1 amide bonds. The van der Waals surface area contributed by atoms with Crippen molar-refractivity contribution < 1.29 is 27.1 Å². The van der Waals surface area contributed by atoms with Crippen LogP contribution in [0, 0.1) is 5.82 Å². The van der Waals surface area contributed by atoms with Crippen LogP contribution in [-0.2, 0) is 30.8 Å². The molecule has 0 saturated carbocycles. The zero-order valence-electron chi connectivity index (χ0n) is 14.6. The smallest absolute Gasteiger partial charge is 0.320 e. The standard InChI is InChI=1S/C18H19FN2O5S/c1-26-18(23)12-20-27(24,25)15-9-7-14(8-10-15)21-17(22)11-6-13-4-2-3-5-16(13)19/h2-5,7-10,20H,6,11-12H2,1H3,(H,21,22). The molecule has 0 heterocycles. The lowest BCUT2D eigenvalue weighted by atomic mass is 10.1. The van der Waals surface area contributed by atoms with Crippen LogP contribution < -0.4 is 10.0 Å². The number of halogens is 1. The molecule has 0 spiro atoms. The minimum Gasteiger partial charge on any atom is -0.468 e. The molecule has 0 fully saturated rings. The third-order valence-corrected chi connectivity index (χ3v) is 5.08. The number of hydrogen-bond donors (Lipinski definition) is 2. The van der Waals surface area contributed by atoms with Crippen molar-refractivity contribution in [1.82, 2.24) is 4.72 Å². The average Bonchev–Trinajstić information content (AvgIpc) is 2.66. The summed E-state index contributed by atoms with van der Waals surface area (Å²) in [6.45, 7) is -0.479. The van der Waals surface area contributed by atoms with Crippen LogP contribution in [0.5, 0.6) is 0 Å². The molecule has 0 aliphatic heterocycles. The van der Waals surface area contributed by atoms with Gasteiger partial charge in [0.25, 0.3) is 0 Å². The molecule has 7 nitrogen and oxygen atoms in total. The highest BCUT2D eigenvalue weighted by Gasteiger charge is 2.16. The third kappa shape index (κ3) is 6.15. The first-order valence-corrected chi connectivity index (χ1v) is 9.50. The van der Waals surface area contributed by atoms with E-state index in [1.54, 1.807) is 18.2 Å². The van der Waals surface area contributed by atoms with Crippen LogP contribution in [0.4, 0.5) is 10.1 Å². The highest BCUT2D eigenvalue weighted by atomic mass is 32.2. The second-order valence-corrected chi connectivity index (χ2v) is 7.33. The molecule has 2 N–H and O–H groups in total. The number of anilines is 1. The number of sulfonamides is 1. The zero-order valence-corrected chi connectivity index (χ0v) is 15.4. The summed E-state index contributed by atoms with van der Waals surface area (Å²) in [6.07, 6.45) is 0.337. The molecular weight excluding hydrogens is 375 g/mol. The van der Waals surface area contributed by atoms with E-state index in [0.717, 1.165) is 7.11 Å². The first-order valence-electron chi connectivity index (χ1n) is 8.01. The van der Waals surface area contributed by atoms with Crippen LogP contribution in [0.15, 0.2) is 53.4 Å². The number of aryl methyl sites for hydroxylation is 1. The topological polar surface area (TPSA) is 102 Å². The van der Waals surface area contributed by atoms with Gasteiger partial charge in [-0.3, -0.25) is 9.59 Å². The molecule has 2 rings (SSSR count). The molecule has 27 heavy (non-hydrogen) atoms. The summed E-state index contributed by atoms with van der Waals surface area (Å²) in [5, 5.41) is 2.62. The van der Waals surface area contributed by atoms with Crippen LogP contribution in [0.2, 0.25) is 0 Å². The number of hydrogen-bond acceptors (Lipinski definition) is 5. The van der Waals surface area contributed by atoms with Crippen molar-refractivity contribution in [3.05, 3.63) is 59.9 Å². The van der Waals surface area contributed by atoms with Crippen LogP contribution in [0.1, 0.15) is 12.0 Å². The minimum absolute atomic E-state index is 0.0595. The Kier molecular flexibility index (Phi) is 7.03. The normalized spacial score (nSPS) is 11.0. The number of methoxy groups -OCH3 is 1. The van der Waals surface area contributed by atoms with Gasteiger partial charge in [-0.25, -0.2) is 12.8 Å². The Morgan fingerprint density at radius 3 is 2.37 bits per heavy atom.